The molecule has 4 rings (SSSR count). The summed E-state index contributed by atoms with van der Waals surface area (Å²) in [5.74, 6) is 1.33. The van der Waals surface area contributed by atoms with Gasteiger partial charge in [-0.3, -0.25) is 5.32 Å². The van der Waals surface area contributed by atoms with E-state index < -0.39 is 5.97 Å². The van der Waals surface area contributed by atoms with E-state index in [4.69, 9.17) is 11.5 Å². The lowest BCUT2D eigenvalue weighted by molar-refractivity contribution is 0.0694. The van der Waals surface area contributed by atoms with Crippen LogP contribution >= 0.6 is 0 Å². The Morgan fingerprint density at radius 2 is 1.85 bits per heavy atom. The van der Waals surface area contributed by atoms with Crippen molar-refractivity contribution in [3.63, 3.8) is 0 Å². The minimum absolute atomic E-state index is 0.0660. The van der Waals surface area contributed by atoms with Gasteiger partial charge in [0.15, 0.2) is 0 Å². The summed E-state index contributed by atoms with van der Waals surface area (Å²) in [6, 6.07) is 19.2. The van der Waals surface area contributed by atoms with Gasteiger partial charge in [0, 0.05) is 11.4 Å². The van der Waals surface area contributed by atoms with Gasteiger partial charge < -0.3 is 10.2 Å². The first kappa shape index (κ1) is 18.5. The van der Waals surface area contributed by atoms with Gasteiger partial charge in [0.1, 0.15) is 11.3 Å². The number of fused-ring (bicyclic) bond motifs is 2. The topological polar surface area (TPSA) is 69.6 Å². The second-order valence-corrected chi connectivity index (χ2v) is 6.36. The molecule has 0 fully saturated rings. The zero-order chi connectivity index (χ0) is 19.2. The van der Waals surface area contributed by atoms with E-state index in [-0.39, 0.29) is 11.3 Å². The molecule has 0 aliphatic heterocycles. The number of carboxylic acid groups (broad SMARTS) is 1. The van der Waals surface area contributed by atoms with Gasteiger partial charge in [0.2, 0.25) is 0 Å². The van der Waals surface area contributed by atoms with Gasteiger partial charge >= 0.3 is 5.97 Å². The maximum Gasteiger partial charge on any atom is 0.339 e. The number of aryl methyl sites for hydroxylation is 1. The number of aromatic carboxylic acids is 1. The first-order chi connectivity index (χ1) is 13.1. The highest BCUT2D eigenvalue weighted by Gasteiger charge is 2.20. The molecule has 136 valence electrons. The first-order valence-electron chi connectivity index (χ1n) is 8.80. The number of carboxylic acids is 1. The van der Waals surface area contributed by atoms with Crippen LogP contribution in [0.5, 0.6) is 5.75 Å². The van der Waals surface area contributed by atoms with E-state index in [1.807, 2.05) is 12.1 Å². The van der Waals surface area contributed by atoms with Crippen LogP contribution in [-0.4, -0.2) is 22.7 Å². The second-order valence-electron chi connectivity index (χ2n) is 6.36. The molecule has 0 amide bonds. The van der Waals surface area contributed by atoms with E-state index in [0.29, 0.717) is 18.0 Å². The van der Waals surface area contributed by atoms with Gasteiger partial charge in [0.25, 0.3) is 0 Å². The third-order valence-electron chi connectivity index (χ3n) is 4.71. The molecule has 0 radical (unpaired) electrons. The van der Waals surface area contributed by atoms with Crippen molar-refractivity contribution in [3.8, 4) is 18.1 Å². The maximum absolute atomic E-state index is 10.7. The molecule has 3 aromatic carbocycles. The number of nitrogens with one attached hydrogen (secondary N) is 1. The summed E-state index contributed by atoms with van der Waals surface area (Å²) in [6.45, 7) is 0.666. The predicted octanol–water partition coefficient (Wildman–Crippen LogP) is 4.14. The Bertz CT molecular complexity index is 1000. The summed E-state index contributed by atoms with van der Waals surface area (Å²) in [4.78, 5) is 10.7. The number of terminal acetylenes is 1. The average Bonchev–Trinajstić information content (AvgIpc) is 3.10. The molecule has 3 aromatic rings. The molecule has 1 aliphatic carbocycles. The monoisotopic (exact) mass is 359 g/mol. The number of benzene rings is 3. The molecular formula is C23H21NO3. The molecule has 0 spiro atoms. The lowest BCUT2D eigenvalue weighted by atomic mass is 10.1. The van der Waals surface area contributed by atoms with E-state index in [2.05, 4.69) is 35.5 Å². The molecular weight excluding hydrogens is 338 g/mol. The van der Waals surface area contributed by atoms with Gasteiger partial charge in [-0.2, -0.15) is 0 Å². The zero-order valence-electron chi connectivity index (χ0n) is 14.9. The van der Waals surface area contributed by atoms with Crippen LogP contribution in [0.3, 0.4) is 0 Å². The number of hydrogen-bond donors (Lipinski definition) is 3. The minimum atomic E-state index is -1.12. The van der Waals surface area contributed by atoms with E-state index >= 15 is 0 Å². The molecule has 0 heterocycles. The fraction of sp³-hybridized carbons (Fsp3) is 0.174. The van der Waals surface area contributed by atoms with Crippen LogP contribution in [0.25, 0.3) is 10.8 Å². The minimum Gasteiger partial charge on any atom is -0.506 e. The van der Waals surface area contributed by atoms with E-state index in [1.54, 1.807) is 18.2 Å². The predicted molar refractivity (Wildman–Crippen MR) is 107 cm³/mol. The van der Waals surface area contributed by atoms with Gasteiger partial charge in [-0.25, -0.2) is 4.79 Å². The number of phenols is 1. The van der Waals surface area contributed by atoms with Crippen molar-refractivity contribution in [3.05, 3.63) is 77.4 Å². The lowest BCUT2D eigenvalue weighted by Crippen LogP contribution is -2.19. The molecule has 0 saturated heterocycles. The normalized spacial score (nSPS) is 14.7. The molecule has 0 saturated carbocycles. The molecule has 1 atom stereocenters. The maximum atomic E-state index is 10.7. The van der Waals surface area contributed by atoms with Crippen molar-refractivity contribution in [2.45, 2.75) is 18.9 Å². The van der Waals surface area contributed by atoms with E-state index in [9.17, 15) is 9.90 Å². The van der Waals surface area contributed by atoms with Crippen LogP contribution < -0.4 is 5.32 Å². The third-order valence-corrected chi connectivity index (χ3v) is 4.71. The number of carbonyl (C=O) groups is 1. The van der Waals surface area contributed by atoms with Gasteiger partial charge in [-0.1, -0.05) is 60.5 Å². The number of aromatic hydroxyl groups is 1. The summed E-state index contributed by atoms with van der Waals surface area (Å²) in [5.41, 5.74) is 2.83. The van der Waals surface area contributed by atoms with Crippen molar-refractivity contribution >= 4 is 16.7 Å². The van der Waals surface area contributed by atoms with Crippen LogP contribution in [-0.2, 0) is 6.42 Å². The van der Waals surface area contributed by atoms with Crippen LogP contribution in [0.15, 0.2) is 60.7 Å². The fourth-order valence-electron chi connectivity index (χ4n) is 3.38. The largest absolute Gasteiger partial charge is 0.506 e. The van der Waals surface area contributed by atoms with Gasteiger partial charge in [-0.05, 0) is 35.4 Å². The quantitative estimate of drug-likeness (QED) is 0.615. The van der Waals surface area contributed by atoms with E-state index in [0.717, 1.165) is 5.39 Å². The first-order valence-corrected chi connectivity index (χ1v) is 8.80. The molecule has 0 unspecified atom stereocenters. The van der Waals surface area contributed by atoms with Gasteiger partial charge in [-0.15, -0.1) is 6.42 Å². The van der Waals surface area contributed by atoms with Crippen LogP contribution in [0.4, 0.5) is 0 Å². The standard InChI is InChI=1S/C12H13N.C11H8O3/c1-2-9-13-12-8-7-10-5-3-4-6-11(10)12;12-10-8-4-2-1-3-7(8)5-6-9(10)11(13)14/h1,3-6,12-13H,7-9H2;1-6,12H,(H,13,14)/t12-;/m1./s1. The highest BCUT2D eigenvalue weighted by atomic mass is 16.4. The van der Waals surface area contributed by atoms with Crippen LogP contribution in [0.2, 0.25) is 0 Å². The van der Waals surface area contributed by atoms with Crippen LogP contribution in [0, 0.1) is 12.3 Å². The fourth-order valence-corrected chi connectivity index (χ4v) is 3.38. The zero-order valence-corrected chi connectivity index (χ0v) is 14.9. The summed E-state index contributed by atoms with van der Waals surface area (Å²) in [7, 11) is 0. The Hall–Kier alpha value is -3.29. The highest BCUT2D eigenvalue weighted by molar-refractivity contribution is 6.00. The van der Waals surface area contributed by atoms with Crippen molar-refractivity contribution in [1.82, 2.24) is 5.32 Å². The molecule has 0 bridgehead atoms. The van der Waals surface area contributed by atoms with Crippen molar-refractivity contribution in [1.29, 1.82) is 0 Å². The Labute approximate surface area is 158 Å². The van der Waals surface area contributed by atoms with Crippen molar-refractivity contribution < 1.29 is 15.0 Å². The van der Waals surface area contributed by atoms with Crippen molar-refractivity contribution in [2.75, 3.05) is 6.54 Å². The molecule has 4 heteroatoms. The van der Waals surface area contributed by atoms with Crippen LogP contribution in [0.1, 0.15) is 33.9 Å². The third kappa shape index (κ3) is 4.11. The summed E-state index contributed by atoms with van der Waals surface area (Å²) in [6.07, 6.45) is 7.57. The van der Waals surface area contributed by atoms with Crippen molar-refractivity contribution in [2.24, 2.45) is 0 Å². The Kier molecular flexibility index (Phi) is 5.75. The average molecular weight is 359 g/mol. The highest BCUT2D eigenvalue weighted by Crippen LogP contribution is 2.30. The SMILES string of the molecule is C#CCN[C@@H]1CCc2ccccc21.O=C(O)c1ccc2ccccc2c1O. The number of rotatable bonds is 3. The molecule has 0 aromatic heterocycles. The second kappa shape index (κ2) is 8.39. The summed E-state index contributed by atoms with van der Waals surface area (Å²) in [5, 5.41) is 23.1. The van der Waals surface area contributed by atoms with E-state index in [1.165, 1.54) is 30.0 Å². The molecule has 3 N–H and O–H groups in total. The summed E-state index contributed by atoms with van der Waals surface area (Å²) >= 11 is 0. The number of hydrogen-bond acceptors (Lipinski definition) is 3. The Balaban J connectivity index is 0.000000156. The lowest BCUT2D eigenvalue weighted by Gasteiger charge is -2.10. The molecule has 1 aliphatic rings. The Morgan fingerprint density at radius 3 is 2.63 bits per heavy atom. The van der Waals surface area contributed by atoms with Gasteiger partial charge in [0.05, 0.1) is 6.54 Å². The summed E-state index contributed by atoms with van der Waals surface area (Å²) < 4.78 is 0. The molecule has 27 heavy (non-hydrogen) atoms. The molecule has 4 nitrogen and oxygen atoms in total. The Morgan fingerprint density at radius 1 is 1.11 bits per heavy atom. The smallest absolute Gasteiger partial charge is 0.339 e.